The number of hydrogen-bond acceptors (Lipinski definition) is 2. The second-order valence-corrected chi connectivity index (χ2v) is 5.38. The fraction of sp³-hybridized carbons (Fsp3) is 1.00. The molecule has 0 radical (unpaired) electrons. The summed E-state index contributed by atoms with van der Waals surface area (Å²) >= 11 is 0.0554. The van der Waals surface area contributed by atoms with Crippen LogP contribution in [0.15, 0.2) is 0 Å². The zero-order chi connectivity index (χ0) is 11.4. The average Bonchev–Trinajstić information content (AvgIpc) is 2.83. The molecular formula is C10H18F3NS. The van der Waals surface area contributed by atoms with Gasteiger partial charge < -0.3 is 5.32 Å². The number of halogens is 3. The smallest absolute Gasteiger partial charge is 0.315 e. The minimum Gasteiger partial charge on any atom is -0.315 e. The Hall–Kier alpha value is 0.100. The molecule has 0 aromatic rings. The van der Waals surface area contributed by atoms with E-state index in [1.165, 1.54) is 25.7 Å². The van der Waals surface area contributed by atoms with Crippen molar-refractivity contribution >= 4 is 11.8 Å². The number of hydrogen-bond donors (Lipinski definition) is 1. The van der Waals surface area contributed by atoms with Gasteiger partial charge in [-0.25, -0.2) is 0 Å². The molecule has 0 aromatic carbocycles. The van der Waals surface area contributed by atoms with Gasteiger partial charge in [-0.2, -0.15) is 13.2 Å². The summed E-state index contributed by atoms with van der Waals surface area (Å²) in [5.74, 6) is 0.117. The van der Waals surface area contributed by atoms with E-state index in [4.69, 9.17) is 0 Å². The van der Waals surface area contributed by atoms with E-state index in [0.717, 1.165) is 6.54 Å². The largest absolute Gasteiger partial charge is 0.441 e. The standard InChI is InChI=1S/C10H18F3NS/c1-2-3-9(4-5-9)8-14-6-7-15-10(11,12)13/h14H,2-8H2,1H3. The Labute approximate surface area is 93.2 Å². The summed E-state index contributed by atoms with van der Waals surface area (Å²) in [6, 6.07) is 0. The van der Waals surface area contributed by atoms with Gasteiger partial charge >= 0.3 is 5.51 Å². The van der Waals surface area contributed by atoms with E-state index >= 15 is 0 Å². The van der Waals surface area contributed by atoms with Crippen molar-refractivity contribution in [3.8, 4) is 0 Å². The van der Waals surface area contributed by atoms with Gasteiger partial charge in [0.1, 0.15) is 0 Å². The molecule has 1 nitrogen and oxygen atoms in total. The molecule has 0 heterocycles. The molecule has 1 saturated carbocycles. The van der Waals surface area contributed by atoms with E-state index in [1.807, 2.05) is 0 Å². The molecular weight excluding hydrogens is 223 g/mol. The van der Waals surface area contributed by atoms with Crippen LogP contribution in [-0.2, 0) is 0 Å². The van der Waals surface area contributed by atoms with E-state index in [-0.39, 0.29) is 17.5 Å². The van der Waals surface area contributed by atoms with Crippen molar-refractivity contribution in [2.45, 2.75) is 38.1 Å². The minimum absolute atomic E-state index is 0.0554. The molecule has 0 unspecified atom stereocenters. The molecule has 0 atom stereocenters. The van der Waals surface area contributed by atoms with E-state index in [2.05, 4.69) is 12.2 Å². The van der Waals surface area contributed by atoms with E-state index in [1.54, 1.807) is 0 Å². The maximum absolute atomic E-state index is 11.8. The number of rotatable bonds is 7. The zero-order valence-corrected chi connectivity index (χ0v) is 9.81. The molecule has 1 rings (SSSR count). The third kappa shape index (κ3) is 5.66. The number of alkyl halides is 3. The fourth-order valence-corrected chi connectivity index (χ4v) is 2.29. The summed E-state index contributed by atoms with van der Waals surface area (Å²) in [6.45, 7) is 3.49. The summed E-state index contributed by atoms with van der Waals surface area (Å²) < 4.78 is 35.4. The highest BCUT2D eigenvalue weighted by Gasteiger charge is 2.40. The van der Waals surface area contributed by atoms with Gasteiger partial charge in [0.05, 0.1) is 0 Å². The molecule has 0 aliphatic heterocycles. The molecule has 0 saturated heterocycles. The van der Waals surface area contributed by atoms with Crippen LogP contribution in [0.25, 0.3) is 0 Å². The number of nitrogens with one attached hydrogen (secondary N) is 1. The van der Waals surface area contributed by atoms with Crippen molar-refractivity contribution in [3.05, 3.63) is 0 Å². The Morgan fingerprint density at radius 2 is 2.00 bits per heavy atom. The summed E-state index contributed by atoms with van der Waals surface area (Å²) in [6.07, 6.45) is 4.84. The van der Waals surface area contributed by atoms with Crippen molar-refractivity contribution in [1.29, 1.82) is 0 Å². The highest BCUT2D eigenvalue weighted by Crippen LogP contribution is 2.48. The Balaban J connectivity index is 1.98. The first-order chi connectivity index (χ1) is 6.97. The van der Waals surface area contributed by atoms with Crippen LogP contribution in [0.5, 0.6) is 0 Å². The second-order valence-electron chi connectivity index (χ2n) is 4.22. The summed E-state index contributed by atoms with van der Waals surface area (Å²) in [7, 11) is 0. The van der Waals surface area contributed by atoms with Gasteiger partial charge in [-0.05, 0) is 36.4 Å². The SMILES string of the molecule is CCCC1(CNCCSC(F)(F)F)CC1. The summed E-state index contributed by atoms with van der Waals surface area (Å²) in [5.41, 5.74) is -3.65. The molecule has 0 bridgehead atoms. The highest BCUT2D eigenvalue weighted by molar-refractivity contribution is 8.00. The fourth-order valence-electron chi connectivity index (χ4n) is 1.81. The zero-order valence-electron chi connectivity index (χ0n) is 8.99. The van der Waals surface area contributed by atoms with Crippen molar-refractivity contribution in [3.63, 3.8) is 0 Å². The molecule has 0 amide bonds. The van der Waals surface area contributed by atoms with Gasteiger partial charge in [0, 0.05) is 18.8 Å². The maximum Gasteiger partial charge on any atom is 0.441 e. The molecule has 0 spiro atoms. The molecule has 5 heteroatoms. The average molecular weight is 241 g/mol. The topological polar surface area (TPSA) is 12.0 Å². The van der Waals surface area contributed by atoms with Crippen LogP contribution < -0.4 is 5.32 Å². The highest BCUT2D eigenvalue weighted by atomic mass is 32.2. The lowest BCUT2D eigenvalue weighted by Gasteiger charge is -2.14. The van der Waals surface area contributed by atoms with Gasteiger partial charge in [0.2, 0.25) is 0 Å². The van der Waals surface area contributed by atoms with E-state index in [0.29, 0.717) is 12.0 Å². The lowest BCUT2D eigenvalue weighted by Crippen LogP contribution is -2.26. The van der Waals surface area contributed by atoms with Gasteiger partial charge in [-0.1, -0.05) is 13.3 Å². The molecule has 0 aromatic heterocycles. The van der Waals surface area contributed by atoms with Crippen LogP contribution in [0.4, 0.5) is 13.2 Å². The molecule has 90 valence electrons. The van der Waals surface area contributed by atoms with Crippen LogP contribution in [-0.4, -0.2) is 24.4 Å². The first-order valence-electron chi connectivity index (χ1n) is 5.39. The van der Waals surface area contributed by atoms with E-state index < -0.39 is 5.51 Å². The first kappa shape index (κ1) is 13.2. The number of thioether (sulfide) groups is 1. The van der Waals surface area contributed by atoms with Gasteiger partial charge in [-0.3, -0.25) is 0 Å². The van der Waals surface area contributed by atoms with Gasteiger partial charge in [0.15, 0.2) is 0 Å². The Kier molecular flexibility index (Phi) is 4.77. The van der Waals surface area contributed by atoms with Crippen molar-refractivity contribution in [2.24, 2.45) is 5.41 Å². The predicted octanol–water partition coefficient (Wildman–Crippen LogP) is 3.41. The monoisotopic (exact) mass is 241 g/mol. The molecule has 1 fully saturated rings. The Bertz CT molecular complexity index is 190. The van der Waals surface area contributed by atoms with Crippen LogP contribution >= 0.6 is 11.8 Å². The van der Waals surface area contributed by atoms with Gasteiger partial charge in [0.25, 0.3) is 0 Å². The summed E-state index contributed by atoms with van der Waals surface area (Å²) in [5, 5.41) is 3.12. The van der Waals surface area contributed by atoms with Crippen LogP contribution in [0.2, 0.25) is 0 Å². The van der Waals surface area contributed by atoms with Crippen LogP contribution in [0, 0.1) is 5.41 Å². The third-order valence-electron chi connectivity index (χ3n) is 2.78. The maximum atomic E-state index is 11.8. The first-order valence-corrected chi connectivity index (χ1v) is 6.37. The molecule has 1 aliphatic carbocycles. The van der Waals surface area contributed by atoms with Crippen LogP contribution in [0.3, 0.4) is 0 Å². The Morgan fingerprint density at radius 3 is 2.47 bits per heavy atom. The molecule has 15 heavy (non-hydrogen) atoms. The molecule has 1 aliphatic rings. The second kappa shape index (κ2) is 5.43. The normalized spacial score (nSPS) is 19.2. The van der Waals surface area contributed by atoms with Crippen molar-refractivity contribution in [1.82, 2.24) is 5.32 Å². The van der Waals surface area contributed by atoms with Gasteiger partial charge in [-0.15, -0.1) is 0 Å². The lowest BCUT2D eigenvalue weighted by molar-refractivity contribution is -0.0327. The lowest BCUT2D eigenvalue weighted by atomic mass is 10.0. The molecule has 1 N–H and O–H groups in total. The van der Waals surface area contributed by atoms with Crippen molar-refractivity contribution in [2.75, 3.05) is 18.8 Å². The predicted molar refractivity (Wildman–Crippen MR) is 58.0 cm³/mol. The van der Waals surface area contributed by atoms with E-state index in [9.17, 15) is 13.2 Å². The minimum atomic E-state index is -4.08. The Morgan fingerprint density at radius 1 is 1.33 bits per heavy atom. The van der Waals surface area contributed by atoms with Crippen molar-refractivity contribution < 1.29 is 13.2 Å². The quantitative estimate of drug-likeness (QED) is 0.685. The summed E-state index contributed by atoms with van der Waals surface area (Å²) in [4.78, 5) is 0. The third-order valence-corrected chi connectivity index (χ3v) is 3.52. The van der Waals surface area contributed by atoms with Crippen LogP contribution in [0.1, 0.15) is 32.6 Å².